The summed E-state index contributed by atoms with van der Waals surface area (Å²) in [4.78, 5) is 24.0. The molecule has 0 aliphatic heterocycles. The Hall–Kier alpha value is -1.49. The monoisotopic (exact) mass is 295 g/mol. The highest BCUT2D eigenvalue weighted by molar-refractivity contribution is 8.00. The minimum atomic E-state index is -1.01. The van der Waals surface area contributed by atoms with Crippen LogP contribution in [0.1, 0.15) is 26.3 Å². The van der Waals surface area contributed by atoms with Crippen LogP contribution < -0.4 is 5.32 Å². The van der Waals surface area contributed by atoms with Gasteiger partial charge in [0.2, 0.25) is 5.91 Å². The second-order valence-electron chi connectivity index (χ2n) is 5.81. The number of carbonyl (C=O) groups excluding carboxylic acids is 1. The van der Waals surface area contributed by atoms with E-state index in [0.717, 1.165) is 10.5 Å². The van der Waals surface area contributed by atoms with Crippen LogP contribution in [0.25, 0.3) is 0 Å². The lowest BCUT2D eigenvalue weighted by Crippen LogP contribution is -2.49. The number of benzene rings is 1. The first-order chi connectivity index (χ1) is 9.20. The number of carboxylic acid groups (broad SMARTS) is 1. The van der Waals surface area contributed by atoms with Gasteiger partial charge in [0.05, 0.1) is 5.75 Å². The fourth-order valence-corrected chi connectivity index (χ4v) is 2.34. The van der Waals surface area contributed by atoms with Crippen molar-refractivity contribution in [2.24, 2.45) is 5.41 Å². The SMILES string of the molecule is Cc1ccc(SCC(=O)N[C@@H](C(=O)O)C(C)(C)C)cc1. The van der Waals surface area contributed by atoms with Crippen LogP contribution in [0, 0.1) is 12.3 Å². The first-order valence-corrected chi connectivity index (χ1v) is 7.40. The lowest BCUT2D eigenvalue weighted by molar-refractivity contribution is -0.144. The molecular formula is C15H21NO3S. The van der Waals surface area contributed by atoms with Gasteiger partial charge in [-0.05, 0) is 24.5 Å². The zero-order valence-electron chi connectivity index (χ0n) is 12.3. The Balaban J connectivity index is 2.54. The Morgan fingerprint density at radius 1 is 1.25 bits per heavy atom. The number of nitrogens with one attached hydrogen (secondary N) is 1. The van der Waals surface area contributed by atoms with E-state index in [1.54, 1.807) is 20.8 Å². The number of hydrogen-bond acceptors (Lipinski definition) is 3. The van der Waals surface area contributed by atoms with Crippen molar-refractivity contribution in [3.8, 4) is 0 Å². The van der Waals surface area contributed by atoms with Crippen molar-refractivity contribution < 1.29 is 14.7 Å². The van der Waals surface area contributed by atoms with Gasteiger partial charge in [-0.15, -0.1) is 11.8 Å². The Labute approximate surface area is 124 Å². The van der Waals surface area contributed by atoms with Crippen LogP contribution in [0.2, 0.25) is 0 Å². The molecule has 0 fully saturated rings. The third kappa shape index (κ3) is 5.25. The van der Waals surface area contributed by atoms with Crippen molar-refractivity contribution >= 4 is 23.6 Å². The molecule has 0 heterocycles. The summed E-state index contributed by atoms with van der Waals surface area (Å²) in [6.07, 6.45) is 0. The van der Waals surface area contributed by atoms with E-state index in [2.05, 4.69) is 5.32 Å². The van der Waals surface area contributed by atoms with Gasteiger partial charge in [-0.3, -0.25) is 4.79 Å². The Bertz CT molecular complexity index is 477. The lowest BCUT2D eigenvalue weighted by atomic mass is 9.87. The van der Waals surface area contributed by atoms with Crippen molar-refractivity contribution in [3.05, 3.63) is 29.8 Å². The third-order valence-electron chi connectivity index (χ3n) is 2.81. The van der Waals surface area contributed by atoms with E-state index in [4.69, 9.17) is 5.11 Å². The van der Waals surface area contributed by atoms with Crippen LogP contribution in [0.5, 0.6) is 0 Å². The van der Waals surface area contributed by atoms with E-state index in [-0.39, 0.29) is 11.7 Å². The van der Waals surface area contributed by atoms with Gasteiger partial charge in [-0.25, -0.2) is 4.79 Å². The van der Waals surface area contributed by atoms with Crippen LogP contribution in [0.15, 0.2) is 29.2 Å². The van der Waals surface area contributed by atoms with Gasteiger partial charge < -0.3 is 10.4 Å². The topological polar surface area (TPSA) is 66.4 Å². The van der Waals surface area contributed by atoms with E-state index < -0.39 is 17.4 Å². The number of carboxylic acids is 1. The second-order valence-corrected chi connectivity index (χ2v) is 6.86. The third-order valence-corrected chi connectivity index (χ3v) is 3.82. The minimum Gasteiger partial charge on any atom is -0.480 e. The summed E-state index contributed by atoms with van der Waals surface area (Å²) in [5.41, 5.74) is 0.646. The van der Waals surface area contributed by atoms with Gasteiger partial charge in [0.1, 0.15) is 6.04 Å². The maximum absolute atomic E-state index is 11.8. The van der Waals surface area contributed by atoms with Gasteiger partial charge in [-0.1, -0.05) is 38.5 Å². The minimum absolute atomic E-state index is 0.211. The number of thioether (sulfide) groups is 1. The summed E-state index contributed by atoms with van der Waals surface area (Å²) in [6.45, 7) is 7.37. The molecule has 1 atom stereocenters. The highest BCUT2D eigenvalue weighted by Gasteiger charge is 2.32. The zero-order chi connectivity index (χ0) is 15.3. The summed E-state index contributed by atoms with van der Waals surface area (Å²) in [6, 6.07) is 6.98. The molecule has 0 aromatic heterocycles. The molecule has 20 heavy (non-hydrogen) atoms. The largest absolute Gasteiger partial charge is 0.480 e. The second kappa shape index (κ2) is 6.79. The number of carbonyl (C=O) groups is 2. The molecule has 2 N–H and O–H groups in total. The first-order valence-electron chi connectivity index (χ1n) is 6.42. The summed E-state index contributed by atoms with van der Waals surface area (Å²) in [5, 5.41) is 11.7. The normalized spacial score (nSPS) is 12.8. The molecule has 1 aromatic rings. The Morgan fingerprint density at radius 2 is 1.80 bits per heavy atom. The molecule has 110 valence electrons. The number of amides is 1. The average molecular weight is 295 g/mol. The highest BCUT2D eigenvalue weighted by atomic mass is 32.2. The Kier molecular flexibility index (Phi) is 5.62. The number of aryl methyl sites for hydroxylation is 1. The molecule has 0 bridgehead atoms. The standard InChI is InChI=1S/C15H21NO3S/c1-10-5-7-11(8-6-10)20-9-12(17)16-13(14(18)19)15(2,3)4/h5-8,13H,9H2,1-4H3,(H,16,17)(H,18,19)/t13-/m0/s1. The smallest absolute Gasteiger partial charge is 0.326 e. The summed E-state index contributed by atoms with van der Waals surface area (Å²) >= 11 is 1.40. The molecule has 0 spiro atoms. The molecule has 4 nitrogen and oxygen atoms in total. The number of hydrogen-bond donors (Lipinski definition) is 2. The van der Waals surface area contributed by atoms with Gasteiger partial charge in [0, 0.05) is 4.90 Å². The maximum atomic E-state index is 11.8. The summed E-state index contributed by atoms with van der Waals surface area (Å²) in [7, 11) is 0. The van der Waals surface area contributed by atoms with Crippen LogP contribution in [0.4, 0.5) is 0 Å². The van der Waals surface area contributed by atoms with Crippen molar-refractivity contribution in [3.63, 3.8) is 0 Å². The van der Waals surface area contributed by atoms with E-state index in [9.17, 15) is 9.59 Å². The number of aliphatic carboxylic acids is 1. The molecule has 1 aromatic carbocycles. The van der Waals surface area contributed by atoms with E-state index in [0.29, 0.717) is 0 Å². The lowest BCUT2D eigenvalue weighted by Gasteiger charge is -2.27. The quantitative estimate of drug-likeness (QED) is 0.820. The average Bonchev–Trinajstić information content (AvgIpc) is 2.33. The number of rotatable bonds is 5. The molecule has 0 aliphatic rings. The van der Waals surface area contributed by atoms with Crippen LogP contribution in [-0.4, -0.2) is 28.8 Å². The van der Waals surface area contributed by atoms with Gasteiger partial charge in [-0.2, -0.15) is 0 Å². The summed E-state index contributed by atoms with van der Waals surface area (Å²) < 4.78 is 0. The van der Waals surface area contributed by atoms with Crippen molar-refractivity contribution in [1.82, 2.24) is 5.32 Å². The molecular weight excluding hydrogens is 274 g/mol. The maximum Gasteiger partial charge on any atom is 0.326 e. The predicted molar refractivity (Wildman–Crippen MR) is 80.9 cm³/mol. The molecule has 0 saturated carbocycles. The fraction of sp³-hybridized carbons (Fsp3) is 0.467. The summed E-state index contributed by atoms with van der Waals surface area (Å²) in [5.74, 6) is -1.06. The highest BCUT2D eigenvalue weighted by Crippen LogP contribution is 2.21. The van der Waals surface area contributed by atoms with Crippen molar-refractivity contribution in [2.45, 2.75) is 38.6 Å². The molecule has 1 rings (SSSR count). The van der Waals surface area contributed by atoms with E-state index >= 15 is 0 Å². The molecule has 0 unspecified atom stereocenters. The molecule has 1 amide bonds. The first kappa shape index (κ1) is 16.6. The molecule has 0 radical (unpaired) electrons. The van der Waals surface area contributed by atoms with Gasteiger partial charge >= 0.3 is 5.97 Å². The Morgan fingerprint density at radius 3 is 2.25 bits per heavy atom. The van der Waals surface area contributed by atoms with Crippen LogP contribution in [0.3, 0.4) is 0 Å². The molecule has 5 heteroatoms. The molecule has 0 aliphatic carbocycles. The van der Waals surface area contributed by atoms with Gasteiger partial charge in [0.15, 0.2) is 0 Å². The predicted octanol–water partition coefficient (Wildman–Crippen LogP) is 2.70. The van der Waals surface area contributed by atoms with E-state index in [1.807, 2.05) is 31.2 Å². The van der Waals surface area contributed by atoms with Gasteiger partial charge in [0.25, 0.3) is 0 Å². The van der Waals surface area contributed by atoms with Crippen molar-refractivity contribution in [1.29, 1.82) is 0 Å². The van der Waals surface area contributed by atoms with Crippen LogP contribution >= 0.6 is 11.8 Å². The fourth-order valence-electron chi connectivity index (χ4n) is 1.63. The van der Waals surface area contributed by atoms with E-state index in [1.165, 1.54) is 11.8 Å². The van der Waals surface area contributed by atoms with Crippen LogP contribution in [-0.2, 0) is 9.59 Å². The van der Waals surface area contributed by atoms with Crippen molar-refractivity contribution in [2.75, 3.05) is 5.75 Å². The zero-order valence-corrected chi connectivity index (χ0v) is 13.1. The molecule has 0 saturated heterocycles.